The zero-order valence-electron chi connectivity index (χ0n) is 11.4. The van der Waals surface area contributed by atoms with E-state index in [1.807, 2.05) is 13.8 Å². The van der Waals surface area contributed by atoms with Gasteiger partial charge in [0.25, 0.3) is 0 Å². The number of hydrogen-bond donors (Lipinski definition) is 3. The average Bonchev–Trinajstić information content (AvgIpc) is 2.34. The van der Waals surface area contributed by atoms with E-state index in [9.17, 15) is 9.59 Å². The highest BCUT2D eigenvalue weighted by molar-refractivity contribution is 6.30. The normalized spacial score (nSPS) is 11.4. The standard InChI is InChI=1S/C13H18ClN3O2.ClH/c1-8(2)12(15)13(19)16-7-11(18)17-10-5-3-4-9(14)6-10;/h3-6,8,12H,7,15H2,1-2H3,(H,16,19)(H,17,18);1H/t12-;/m0./s1. The fourth-order valence-electron chi connectivity index (χ4n) is 1.36. The number of nitrogens with one attached hydrogen (secondary N) is 2. The molecule has 0 spiro atoms. The van der Waals surface area contributed by atoms with E-state index in [-0.39, 0.29) is 36.7 Å². The molecule has 112 valence electrons. The second-order valence-corrected chi connectivity index (χ2v) is 4.98. The number of nitrogens with two attached hydrogens (primary N) is 1. The Labute approximate surface area is 129 Å². The minimum absolute atomic E-state index is 0. The van der Waals surface area contributed by atoms with Gasteiger partial charge in [0.2, 0.25) is 11.8 Å². The van der Waals surface area contributed by atoms with Gasteiger partial charge in [-0.25, -0.2) is 0 Å². The molecule has 0 aliphatic heterocycles. The summed E-state index contributed by atoms with van der Waals surface area (Å²) >= 11 is 5.79. The van der Waals surface area contributed by atoms with Crippen molar-refractivity contribution in [3.8, 4) is 0 Å². The Morgan fingerprint density at radius 3 is 2.55 bits per heavy atom. The van der Waals surface area contributed by atoms with Gasteiger partial charge in [-0.05, 0) is 24.1 Å². The van der Waals surface area contributed by atoms with Crippen LogP contribution in [0.3, 0.4) is 0 Å². The molecule has 0 bridgehead atoms. The van der Waals surface area contributed by atoms with Crippen molar-refractivity contribution in [3.63, 3.8) is 0 Å². The van der Waals surface area contributed by atoms with Gasteiger partial charge in [-0.2, -0.15) is 0 Å². The molecule has 0 saturated carbocycles. The van der Waals surface area contributed by atoms with E-state index in [2.05, 4.69) is 10.6 Å². The molecule has 4 N–H and O–H groups in total. The maximum Gasteiger partial charge on any atom is 0.243 e. The van der Waals surface area contributed by atoms with Crippen molar-refractivity contribution in [2.45, 2.75) is 19.9 Å². The van der Waals surface area contributed by atoms with E-state index in [1.54, 1.807) is 24.3 Å². The summed E-state index contributed by atoms with van der Waals surface area (Å²) in [5.41, 5.74) is 6.24. The maximum atomic E-state index is 11.6. The molecule has 1 aromatic rings. The predicted molar refractivity (Wildman–Crippen MR) is 83.2 cm³/mol. The van der Waals surface area contributed by atoms with Gasteiger partial charge in [0.05, 0.1) is 12.6 Å². The summed E-state index contributed by atoms with van der Waals surface area (Å²) in [5, 5.41) is 5.65. The molecular weight excluding hydrogens is 301 g/mol. The van der Waals surface area contributed by atoms with Crippen LogP contribution in [-0.2, 0) is 9.59 Å². The minimum Gasteiger partial charge on any atom is -0.346 e. The van der Waals surface area contributed by atoms with E-state index in [0.29, 0.717) is 10.7 Å². The Morgan fingerprint density at radius 1 is 1.35 bits per heavy atom. The lowest BCUT2D eigenvalue weighted by Crippen LogP contribution is -2.46. The highest BCUT2D eigenvalue weighted by Gasteiger charge is 2.17. The van der Waals surface area contributed by atoms with Crippen LogP contribution in [0.1, 0.15) is 13.8 Å². The minimum atomic E-state index is -0.612. The topological polar surface area (TPSA) is 84.2 Å². The number of rotatable bonds is 5. The number of benzene rings is 1. The molecule has 0 aliphatic rings. The van der Waals surface area contributed by atoms with Crippen LogP contribution in [0, 0.1) is 5.92 Å². The monoisotopic (exact) mass is 319 g/mol. The molecule has 5 nitrogen and oxygen atoms in total. The van der Waals surface area contributed by atoms with Crippen LogP contribution in [0.5, 0.6) is 0 Å². The van der Waals surface area contributed by atoms with E-state index in [4.69, 9.17) is 17.3 Å². The van der Waals surface area contributed by atoms with E-state index in [0.717, 1.165) is 0 Å². The van der Waals surface area contributed by atoms with E-state index >= 15 is 0 Å². The molecule has 0 radical (unpaired) electrons. The van der Waals surface area contributed by atoms with E-state index < -0.39 is 6.04 Å². The van der Waals surface area contributed by atoms with Crippen LogP contribution in [0.25, 0.3) is 0 Å². The van der Waals surface area contributed by atoms with Crippen molar-refractivity contribution in [1.29, 1.82) is 0 Å². The first kappa shape index (κ1) is 18.7. The Kier molecular flexibility index (Phi) is 8.22. The largest absolute Gasteiger partial charge is 0.346 e. The quantitative estimate of drug-likeness (QED) is 0.773. The second kappa shape index (κ2) is 8.79. The molecule has 7 heteroatoms. The Balaban J connectivity index is 0.00000361. The van der Waals surface area contributed by atoms with Gasteiger partial charge in [-0.15, -0.1) is 12.4 Å². The van der Waals surface area contributed by atoms with Gasteiger partial charge >= 0.3 is 0 Å². The molecule has 0 heterocycles. The van der Waals surface area contributed by atoms with Crippen molar-refractivity contribution in [3.05, 3.63) is 29.3 Å². The molecule has 1 rings (SSSR count). The van der Waals surface area contributed by atoms with Gasteiger partial charge in [0, 0.05) is 10.7 Å². The maximum absolute atomic E-state index is 11.6. The zero-order valence-corrected chi connectivity index (χ0v) is 12.9. The number of hydrogen-bond acceptors (Lipinski definition) is 3. The first-order chi connectivity index (χ1) is 8.90. The number of carbonyl (C=O) groups is 2. The van der Waals surface area contributed by atoms with Crippen LogP contribution in [0.15, 0.2) is 24.3 Å². The summed E-state index contributed by atoms with van der Waals surface area (Å²) in [6, 6.07) is 6.16. The highest BCUT2D eigenvalue weighted by Crippen LogP contribution is 2.14. The predicted octanol–water partition coefficient (Wildman–Crippen LogP) is 1.80. The van der Waals surface area contributed by atoms with Crippen molar-refractivity contribution >= 4 is 41.5 Å². The molecule has 1 aromatic carbocycles. The van der Waals surface area contributed by atoms with Gasteiger partial charge in [0.1, 0.15) is 0 Å². The lowest BCUT2D eigenvalue weighted by atomic mass is 10.1. The Morgan fingerprint density at radius 2 is 2.00 bits per heavy atom. The van der Waals surface area contributed by atoms with Crippen molar-refractivity contribution in [2.75, 3.05) is 11.9 Å². The molecule has 0 saturated heterocycles. The molecule has 0 aromatic heterocycles. The molecule has 1 atom stereocenters. The highest BCUT2D eigenvalue weighted by atomic mass is 35.5. The Bertz CT molecular complexity index is 467. The third-order valence-electron chi connectivity index (χ3n) is 2.55. The van der Waals surface area contributed by atoms with E-state index in [1.165, 1.54) is 0 Å². The number of anilines is 1. The number of carbonyl (C=O) groups excluding carboxylic acids is 2. The third kappa shape index (κ3) is 6.23. The third-order valence-corrected chi connectivity index (χ3v) is 2.79. The Hall–Kier alpha value is -1.30. The SMILES string of the molecule is CC(C)[C@H](N)C(=O)NCC(=O)Nc1cccc(Cl)c1.Cl. The smallest absolute Gasteiger partial charge is 0.243 e. The summed E-state index contributed by atoms with van der Waals surface area (Å²) in [5.74, 6) is -0.640. The molecule has 0 unspecified atom stereocenters. The lowest BCUT2D eigenvalue weighted by Gasteiger charge is -2.15. The summed E-state index contributed by atoms with van der Waals surface area (Å²) in [6.07, 6.45) is 0. The fraction of sp³-hybridized carbons (Fsp3) is 0.385. The van der Waals surface area contributed by atoms with Gasteiger partial charge in [-0.1, -0.05) is 31.5 Å². The van der Waals surface area contributed by atoms with Crippen LogP contribution in [0.2, 0.25) is 5.02 Å². The average molecular weight is 320 g/mol. The van der Waals surface area contributed by atoms with Gasteiger partial charge in [0.15, 0.2) is 0 Å². The van der Waals surface area contributed by atoms with Crippen LogP contribution in [0.4, 0.5) is 5.69 Å². The van der Waals surface area contributed by atoms with Crippen LogP contribution < -0.4 is 16.4 Å². The summed E-state index contributed by atoms with van der Waals surface area (Å²) < 4.78 is 0. The van der Waals surface area contributed by atoms with Crippen molar-refractivity contribution in [1.82, 2.24) is 5.32 Å². The van der Waals surface area contributed by atoms with Crippen molar-refractivity contribution in [2.24, 2.45) is 11.7 Å². The summed E-state index contributed by atoms with van der Waals surface area (Å²) in [4.78, 5) is 23.2. The second-order valence-electron chi connectivity index (χ2n) is 4.55. The first-order valence-electron chi connectivity index (χ1n) is 5.99. The van der Waals surface area contributed by atoms with Gasteiger partial charge < -0.3 is 16.4 Å². The first-order valence-corrected chi connectivity index (χ1v) is 6.36. The number of halogens is 2. The number of amides is 2. The fourth-order valence-corrected chi connectivity index (χ4v) is 1.55. The zero-order chi connectivity index (χ0) is 14.4. The molecule has 2 amide bonds. The van der Waals surface area contributed by atoms with Gasteiger partial charge in [-0.3, -0.25) is 9.59 Å². The summed E-state index contributed by atoms with van der Waals surface area (Å²) in [7, 11) is 0. The molecule has 0 aliphatic carbocycles. The molecule has 0 fully saturated rings. The molecule has 20 heavy (non-hydrogen) atoms. The molecular formula is C13H19Cl2N3O2. The van der Waals surface area contributed by atoms with Crippen LogP contribution in [-0.4, -0.2) is 24.4 Å². The lowest BCUT2D eigenvalue weighted by molar-refractivity contribution is -0.125. The van der Waals surface area contributed by atoms with Crippen molar-refractivity contribution < 1.29 is 9.59 Å². The summed E-state index contributed by atoms with van der Waals surface area (Å²) in [6.45, 7) is 3.57. The van der Waals surface area contributed by atoms with Crippen LogP contribution >= 0.6 is 24.0 Å².